The fraction of sp³-hybridized carbons (Fsp3) is 0.250. The third kappa shape index (κ3) is 4.46. The van der Waals surface area contributed by atoms with Crippen LogP contribution in [-0.4, -0.2) is 6.54 Å². The molecule has 0 saturated heterocycles. The predicted octanol–water partition coefficient (Wildman–Crippen LogP) is 6.33. The van der Waals surface area contributed by atoms with E-state index in [9.17, 15) is 0 Å². The van der Waals surface area contributed by atoms with Crippen molar-refractivity contribution < 1.29 is 4.74 Å². The third-order valence-corrected chi connectivity index (χ3v) is 4.35. The molecule has 2 aromatic carbocycles. The topological polar surface area (TPSA) is 21.3 Å². The number of nitrogens with one attached hydrogen (secondary N) is 1. The van der Waals surface area contributed by atoms with Gasteiger partial charge in [0.15, 0.2) is 0 Å². The third-order valence-electron chi connectivity index (χ3n) is 3.07. The van der Waals surface area contributed by atoms with Gasteiger partial charge in [0, 0.05) is 20.6 Å². The molecule has 0 amide bonds. The summed E-state index contributed by atoms with van der Waals surface area (Å²) >= 11 is 13.1. The SMILES string of the molecule is CCNC(C)c1ccc(Br)cc1Oc1ccc(Br)cc1Cl. The molecule has 112 valence electrons. The Bertz CT molecular complexity index is 634. The first kappa shape index (κ1) is 16.8. The molecule has 0 heterocycles. The van der Waals surface area contributed by atoms with Crippen molar-refractivity contribution in [3.63, 3.8) is 0 Å². The summed E-state index contributed by atoms with van der Waals surface area (Å²) in [6, 6.07) is 11.8. The van der Waals surface area contributed by atoms with Crippen LogP contribution >= 0.6 is 43.5 Å². The van der Waals surface area contributed by atoms with Gasteiger partial charge in [0.05, 0.1) is 5.02 Å². The molecule has 0 aliphatic heterocycles. The molecule has 21 heavy (non-hydrogen) atoms. The highest BCUT2D eigenvalue weighted by Gasteiger charge is 2.13. The smallest absolute Gasteiger partial charge is 0.146 e. The zero-order valence-corrected chi connectivity index (χ0v) is 15.7. The van der Waals surface area contributed by atoms with E-state index >= 15 is 0 Å². The van der Waals surface area contributed by atoms with E-state index in [0.717, 1.165) is 26.8 Å². The highest BCUT2D eigenvalue weighted by Crippen LogP contribution is 2.36. The summed E-state index contributed by atoms with van der Waals surface area (Å²) in [5.41, 5.74) is 1.10. The van der Waals surface area contributed by atoms with Crippen molar-refractivity contribution in [2.45, 2.75) is 19.9 Å². The van der Waals surface area contributed by atoms with Crippen LogP contribution in [0.2, 0.25) is 5.02 Å². The van der Waals surface area contributed by atoms with E-state index < -0.39 is 0 Å². The first-order chi connectivity index (χ1) is 10.0. The Morgan fingerprint density at radius 1 is 1.10 bits per heavy atom. The minimum absolute atomic E-state index is 0.201. The second kappa shape index (κ2) is 7.63. The molecule has 0 saturated carbocycles. The van der Waals surface area contributed by atoms with Gasteiger partial charge < -0.3 is 10.1 Å². The maximum Gasteiger partial charge on any atom is 0.146 e. The van der Waals surface area contributed by atoms with E-state index in [4.69, 9.17) is 16.3 Å². The molecule has 2 aromatic rings. The first-order valence-electron chi connectivity index (χ1n) is 6.67. The molecule has 0 radical (unpaired) electrons. The Morgan fingerprint density at radius 3 is 2.43 bits per heavy atom. The molecule has 2 rings (SSSR count). The van der Waals surface area contributed by atoms with E-state index in [0.29, 0.717) is 10.8 Å². The van der Waals surface area contributed by atoms with Gasteiger partial charge >= 0.3 is 0 Å². The van der Waals surface area contributed by atoms with Crippen molar-refractivity contribution in [3.8, 4) is 11.5 Å². The molecule has 0 bridgehead atoms. The number of ether oxygens (including phenoxy) is 1. The van der Waals surface area contributed by atoms with Gasteiger partial charge in [-0.1, -0.05) is 56.5 Å². The second-order valence-electron chi connectivity index (χ2n) is 4.64. The number of hydrogen-bond donors (Lipinski definition) is 1. The Kier molecular flexibility index (Phi) is 6.11. The Labute approximate surface area is 147 Å². The quantitative estimate of drug-likeness (QED) is 0.595. The summed E-state index contributed by atoms with van der Waals surface area (Å²) in [5, 5.41) is 3.97. The summed E-state index contributed by atoms with van der Waals surface area (Å²) in [6.07, 6.45) is 0. The van der Waals surface area contributed by atoms with E-state index in [2.05, 4.69) is 57.1 Å². The molecule has 2 nitrogen and oxygen atoms in total. The van der Waals surface area contributed by atoms with Gasteiger partial charge in [-0.3, -0.25) is 0 Å². The van der Waals surface area contributed by atoms with Crippen molar-refractivity contribution in [2.75, 3.05) is 6.54 Å². The largest absolute Gasteiger partial charge is 0.455 e. The Balaban J connectivity index is 2.35. The van der Waals surface area contributed by atoms with Crippen LogP contribution in [0.15, 0.2) is 45.3 Å². The number of halogens is 3. The van der Waals surface area contributed by atoms with Crippen LogP contribution in [0.4, 0.5) is 0 Å². The zero-order chi connectivity index (χ0) is 15.4. The minimum Gasteiger partial charge on any atom is -0.455 e. The molecule has 1 N–H and O–H groups in total. The van der Waals surface area contributed by atoms with Crippen molar-refractivity contribution in [1.82, 2.24) is 5.32 Å². The maximum atomic E-state index is 6.23. The molecule has 0 fully saturated rings. The number of rotatable bonds is 5. The van der Waals surface area contributed by atoms with Crippen LogP contribution < -0.4 is 10.1 Å². The average Bonchev–Trinajstić information content (AvgIpc) is 2.42. The molecule has 5 heteroatoms. The standard InChI is InChI=1S/C16H16Br2ClNO/c1-3-20-10(2)13-6-4-12(18)9-16(13)21-15-7-5-11(17)8-14(15)19/h4-10,20H,3H2,1-2H3. The Hall–Kier alpha value is -0.550. The van der Waals surface area contributed by atoms with Crippen LogP contribution in [0, 0.1) is 0 Å². The summed E-state index contributed by atoms with van der Waals surface area (Å²) < 4.78 is 7.92. The fourth-order valence-electron chi connectivity index (χ4n) is 2.05. The first-order valence-corrected chi connectivity index (χ1v) is 8.63. The number of benzene rings is 2. The van der Waals surface area contributed by atoms with Crippen LogP contribution in [0.1, 0.15) is 25.5 Å². The van der Waals surface area contributed by atoms with Crippen molar-refractivity contribution in [2.24, 2.45) is 0 Å². The zero-order valence-electron chi connectivity index (χ0n) is 11.8. The van der Waals surface area contributed by atoms with E-state index in [1.807, 2.05) is 30.3 Å². The van der Waals surface area contributed by atoms with Crippen LogP contribution in [0.25, 0.3) is 0 Å². The lowest BCUT2D eigenvalue weighted by Crippen LogP contribution is -2.18. The molecule has 0 aromatic heterocycles. The van der Waals surface area contributed by atoms with Gasteiger partial charge in [-0.15, -0.1) is 0 Å². The van der Waals surface area contributed by atoms with Gasteiger partial charge in [0.2, 0.25) is 0 Å². The van der Waals surface area contributed by atoms with Gasteiger partial charge in [-0.2, -0.15) is 0 Å². The van der Waals surface area contributed by atoms with Crippen molar-refractivity contribution in [3.05, 3.63) is 55.9 Å². The molecular weight excluding hydrogens is 417 g/mol. The molecule has 0 aliphatic rings. The normalized spacial score (nSPS) is 12.2. The van der Waals surface area contributed by atoms with Gasteiger partial charge in [0.25, 0.3) is 0 Å². The lowest BCUT2D eigenvalue weighted by Gasteiger charge is -2.18. The molecular formula is C16H16Br2ClNO. The van der Waals surface area contributed by atoms with Gasteiger partial charge in [0.1, 0.15) is 11.5 Å². The van der Waals surface area contributed by atoms with E-state index in [1.165, 1.54) is 0 Å². The van der Waals surface area contributed by atoms with Crippen LogP contribution in [0.3, 0.4) is 0 Å². The van der Waals surface area contributed by atoms with Gasteiger partial charge in [-0.05, 0) is 43.8 Å². The van der Waals surface area contributed by atoms with E-state index in [1.54, 1.807) is 0 Å². The highest BCUT2D eigenvalue weighted by molar-refractivity contribution is 9.10. The summed E-state index contributed by atoms with van der Waals surface area (Å²) in [6.45, 7) is 5.10. The lowest BCUT2D eigenvalue weighted by molar-refractivity contribution is 0.463. The molecule has 1 unspecified atom stereocenters. The maximum absolute atomic E-state index is 6.23. The predicted molar refractivity (Wildman–Crippen MR) is 95.5 cm³/mol. The summed E-state index contributed by atoms with van der Waals surface area (Å²) in [5.74, 6) is 1.44. The molecule has 1 atom stereocenters. The summed E-state index contributed by atoms with van der Waals surface area (Å²) in [4.78, 5) is 0. The lowest BCUT2D eigenvalue weighted by atomic mass is 10.1. The summed E-state index contributed by atoms with van der Waals surface area (Å²) in [7, 11) is 0. The van der Waals surface area contributed by atoms with Crippen molar-refractivity contribution >= 4 is 43.5 Å². The fourth-order valence-corrected chi connectivity index (χ4v) is 3.10. The van der Waals surface area contributed by atoms with Crippen molar-refractivity contribution in [1.29, 1.82) is 0 Å². The monoisotopic (exact) mass is 431 g/mol. The van der Waals surface area contributed by atoms with E-state index in [-0.39, 0.29) is 6.04 Å². The van der Waals surface area contributed by atoms with Crippen LogP contribution in [0.5, 0.6) is 11.5 Å². The average molecular weight is 434 g/mol. The minimum atomic E-state index is 0.201. The number of hydrogen-bond acceptors (Lipinski definition) is 2. The second-order valence-corrected chi connectivity index (χ2v) is 6.88. The highest BCUT2D eigenvalue weighted by atomic mass is 79.9. The molecule has 0 aliphatic carbocycles. The molecule has 0 spiro atoms. The van der Waals surface area contributed by atoms with Crippen LogP contribution in [-0.2, 0) is 0 Å². The Morgan fingerprint density at radius 2 is 1.76 bits per heavy atom. The van der Waals surface area contributed by atoms with Gasteiger partial charge in [-0.25, -0.2) is 0 Å².